The minimum Gasteiger partial charge on any atom is -0.381 e. The third-order valence-electron chi connectivity index (χ3n) is 7.11. The molecule has 2 aliphatic rings. The molecule has 0 radical (unpaired) electrons. The van der Waals surface area contributed by atoms with Crippen molar-refractivity contribution in [2.75, 3.05) is 13.2 Å². The van der Waals surface area contributed by atoms with Gasteiger partial charge >= 0.3 is 0 Å². The molecule has 4 aromatic rings. The number of rotatable bonds is 2. The third-order valence-corrected chi connectivity index (χ3v) is 7.11. The Balaban J connectivity index is 1.44. The summed E-state index contributed by atoms with van der Waals surface area (Å²) in [6, 6.07) is 10.0. The van der Waals surface area contributed by atoms with Crippen molar-refractivity contribution < 1.29 is 9.53 Å². The van der Waals surface area contributed by atoms with E-state index in [9.17, 15) is 9.59 Å². The Morgan fingerprint density at radius 3 is 2.82 bits per heavy atom. The third kappa shape index (κ3) is 3.18. The van der Waals surface area contributed by atoms with Crippen LogP contribution in [0.3, 0.4) is 0 Å². The van der Waals surface area contributed by atoms with Crippen LogP contribution in [0, 0.1) is 13.8 Å². The Kier molecular flexibility index (Phi) is 4.62. The molecule has 2 aromatic heterocycles. The number of hydrogen-bond acceptors (Lipinski definition) is 4. The first-order chi connectivity index (χ1) is 16.0. The number of nitrogens with one attached hydrogen (secondary N) is 1. The summed E-state index contributed by atoms with van der Waals surface area (Å²) in [4.78, 5) is 35.8. The molecule has 1 atom stereocenters. The maximum Gasteiger partial charge on any atom is 0.274 e. The van der Waals surface area contributed by atoms with Crippen molar-refractivity contribution in [3.8, 4) is 0 Å². The van der Waals surface area contributed by atoms with Crippen molar-refractivity contribution in [1.29, 1.82) is 0 Å². The van der Waals surface area contributed by atoms with E-state index in [1.54, 1.807) is 6.20 Å². The minimum absolute atomic E-state index is 0.0162. The number of imidazole rings is 1. The molecule has 168 valence electrons. The van der Waals surface area contributed by atoms with Gasteiger partial charge in [-0.25, -0.2) is 4.98 Å². The number of aryl methyl sites for hydroxylation is 2. The van der Waals surface area contributed by atoms with Gasteiger partial charge in [-0.1, -0.05) is 18.2 Å². The largest absolute Gasteiger partial charge is 0.381 e. The summed E-state index contributed by atoms with van der Waals surface area (Å²) in [5.41, 5.74) is 6.97. The molecule has 2 aliphatic heterocycles. The highest BCUT2D eigenvalue weighted by Gasteiger charge is 2.27. The van der Waals surface area contributed by atoms with E-state index in [-0.39, 0.29) is 17.4 Å². The first-order valence-corrected chi connectivity index (χ1v) is 11.5. The molecule has 0 saturated carbocycles. The van der Waals surface area contributed by atoms with Crippen LogP contribution in [0.4, 0.5) is 0 Å². The molecule has 7 heteroatoms. The molecule has 0 bridgehead atoms. The highest BCUT2D eigenvalue weighted by Crippen LogP contribution is 2.30. The fraction of sp³-hybridized carbons (Fsp3) is 0.346. The zero-order valence-electron chi connectivity index (χ0n) is 18.9. The molecule has 7 nitrogen and oxygen atoms in total. The average Bonchev–Trinajstić information content (AvgIpc) is 3.46. The van der Waals surface area contributed by atoms with E-state index in [1.165, 1.54) is 16.7 Å². The zero-order chi connectivity index (χ0) is 22.7. The van der Waals surface area contributed by atoms with Gasteiger partial charge in [-0.05, 0) is 61.1 Å². The molecular formula is C26H26N4O3. The SMILES string of the molecule is Cc1cc2c(cc1C(=O)N1Cc3cccc(C)c3C1)[nH]c(=O)c1cnc(C3CCCOC3)n12. The lowest BCUT2D eigenvalue weighted by atomic mass is 10.0. The molecule has 1 saturated heterocycles. The summed E-state index contributed by atoms with van der Waals surface area (Å²) in [5, 5.41) is 0. The van der Waals surface area contributed by atoms with E-state index in [2.05, 4.69) is 29.0 Å². The number of aromatic amines is 1. The quantitative estimate of drug-likeness (QED) is 0.512. The monoisotopic (exact) mass is 442 g/mol. The van der Waals surface area contributed by atoms with Gasteiger partial charge in [0.1, 0.15) is 11.3 Å². The van der Waals surface area contributed by atoms with Crippen LogP contribution in [-0.2, 0) is 17.8 Å². The van der Waals surface area contributed by atoms with Gasteiger partial charge in [0.15, 0.2) is 0 Å². The number of aromatic nitrogens is 3. The maximum atomic E-state index is 13.5. The fourth-order valence-corrected chi connectivity index (χ4v) is 5.31. The van der Waals surface area contributed by atoms with Crippen LogP contribution < -0.4 is 5.56 Å². The lowest BCUT2D eigenvalue weighted by Crippen LogP contribution is -2.26. The van der Waals surface area contributed by atoms with E-state index < -0.39 is 0 Å². The summed E-state index contributed by atoms with van der Waals surface area (Å²) in [7, 11) is 0. The minimum atomic E-state index is -0.204. The smallest absolute Gasteiger partial charge is 0.274 e. The van der Waals surface area contributed by atoms with Gasteiger partial charge in [0.2, 0.25) is 0 Å². The Morgan fingerprint density at radius 2 is 2.03 bits per heavy atom. The molecule has 1 unspecified atom stereocenters. The van der Waals surface area contributed by atoms with Crippen LogP contribution in [0.1, 0.15) is 57.2 Å². The standard InChI is InChI=1S/C26H26N4O3/c1-15-5-3-6-17-12-29(13-20(15)17)26(32)19-10-21-22(9-16(19)2)30-23(25(31)28-21)11-27-24(30)18-7-4-8-33-14-18/h3,5-6,9-11,18H,4,7-8,12-14H2,1-2H3,(H,28,31). The van der Waals surface area contributed by atoms with Crippen LogP contribution in [0.2, 0.25) is 0 Å². The summed E-state index contributed by atoms with van der Waals surface area (Å²) in [5.74, 6) is 0.987. The molecule has 0 spiro atoms. The molecule has 1 N–H and O–H groups in total. The predicted octanol–water partition coefficient (Wildman–Crippen LogP) is 3.84. The highest BCUT2D eigenvalue weighted by atomic mass is 16.5. The second-order valence-electron chi connectivity index (χ2n) is 9.26. The summed E-state index contributed by atoms with van der Waals surface area (Å²) in [6.07, 6.45) is 3.61. The number of fused-ring (bicyclic) bond motifs is 4. The number of nitrogens with zero attached hydrogens (tertiary/aromatic N) is 3. The average molecular weight is 443 g/mol. The van der Waals surface area contributed by atoms with Crippen molar-refractivity contribution in [3.05, 3.63) is 80.5 Å². The number of ether oxygens (including phenoxy) is 1. The number of H-pyrrole nitrogens is 1. The number of carbonyl (C=O) groups is 1. The number of carbonyl (C=O) groups excluding carboxylic acids is 1. The number of amides is 1. The van der Waals surface area contributed by atoms with Crippen molar-refractivity contribution in [1.82, 2.24) is 19.3 Å². The Bertz CT molecular complexity index is 1480. The van der Waals surface area contributed by atoms with E-state index in [0.717, 1.165) is 36.4 Å². The second-order valence-corrected chi connectivity index (χ2v) is 9.26. The summed E-state index contributed by atoms with van der Waals surface area (Å²) >= 11 is 0. The van der Waals surface area contributed by atoms with Crippen LogP contribution in [0.15, 0.2) is 41.3 Å². The Morgan fingerprint density at radius 1 is 1.15 bits per heavy atom. The van der Waals surface area contributed by atoms with Crippen molar-refractivity contribution >= 4 is 22.5 Å². The van der Waals surface area contributed by atoms with E-state index in [1.807, 2.05) is 34.4 Å². The predicted molar refractivity (Wildman–Crippen MR) is 126 cm³/mol. The lowest BCUT2D eigenvalue weighted by Gasteiger charge is -2.22. The van der Waals surface area contributed by atoms with Crippen LogP contribution >= 0.6 is 0 Å². The molecule has 0 aliphatic carbocycles. The Labute approximate surface area is 191 Å². The number of hydrogen-bond donors (Lipinski definition) is 1. The summed E-state index contributed by atoms with van der Waals surface area (Å²) in [6.45, 7) is 6.64. The van der Waals surface area contributed by atoms with Gasteiger partial charge < -0.3 is 14.6 Å². The van der Waals surface area contributed by atoms with Crippen LogP contribution in [0.25, 0.3) is 16.6 Å². The van der Waals surface area contributed by atoms with Crippen molar-refractivity contribution in [2.45, 2.75) is 45.7 Å². The molecule has 33 heavy (non-hydrogen) atoms. The lowest BCUT2D eigenvalue weighted by molar-refractivity contribution is 0.0750. The van der Waals surface area contributed by atoms with Gasteiger partial charge in [-0.3, -0.25) is 14.0 Å². The molecule has 1 fully saturated rings. The van der Waals surface area contributed by atoms with Gasteiger partial charge in [0.25, 0.3) is 11.5 Å². The molecular weight excluding hydrogens is 416 g/mol. The fourth-order valence-electron chi connectivity index (χ4n) is 5.31. The molecule has 6 rings (SSSR count). The first kappa shape index (κ1) is 20.2. The molecule has 1 amide bonds. The topological polar surface area (TPSA) is 79.7 Å². The van der Waals surface area contributed by atoms with Gasteiger partial charge in [-0.2, -0.15) is 0 Å². The maximum absolute atomic E-state index is 13.5. The van der Waals surface area contributed by atoms with Crippen LogP contribution in [-0.4, -0.2) is 38.4 Å². The van der Waals surface area contributed by atoms with Crippen molar-refractivity contribution in [2.24, 2.45) is 0 Å². The normalized spacial score (nSPS) is 18.2. The first-order valence-electron chi connectivity index (χ1n) is 11.5. The Hall–Kier alpha value is -3.45. The highest BCUT2D eigenvalue weighted by molar-refractivity contribution is 5.99. The number of benzene rings is 2. The summed E-state index contributed by atoms with van der Waals surface area (Å²) < 4.78 is 7.62. The molecule has 2 aromatic carbocycles. The van der Waals surface area contributed by atoms with E-state index >= 15 is 0 Å². The van der Waals surface area contributed by atoms with Gasteiger partial charge in [-0.15, -0.1) is 0 Å². The van der Waals surface area contributed by atoms with E-state index in [4.69, 9.17) is 4.74 Å². The zero-order valence-corrected chi connectivity index (χ0v) is 18.9. The van der Waals surface area contributed by atoms with Crippen molar-refractivity contribution in [3.63, 3.8) is 0 Å². The van der Waals surface area contributed by atoms with Crippen LogP contribution in [0.5, 0.6) is 0 Å². The molecule has 4 heterocycles. The van der Waals surface area contributed by atoms with E-state index in [0.29, 0.717) is 36.3 Å². The van der Waals surface area contributed by atoms with Gasteiger partial charge in [0.05, 0.1) is 23.8 Å². The van der Waals surface area contributed by atoms with Gasteiger partial charge in [0, 0.05) is 31.2 Å². The second kappa shape index (κ2) is 7.56.